The number of ether oxygens (including phenoxy) is 2. The standard InChI is InChI=1S/C23H22N2O6/c1-14-19(22(26)30-3)21(17-10-7-11-18(12-17)25(28)29)20(15(2)24-14)23(27)31-13-16-8-5-4-6-9-16/h4-12,21,24H,13H2,1-3H3. The third-order valence-corrected chi connectivity index (χ3v) is 5.01. The Bertz CT molecular complexity index is 1090. The number of nitro benzene ring substituents is 1. The molecule has 1 unspecified atom stereocenters. The van der Waals surface area contributed by atoms with Crippen LogP contribution in [0.1, 0.15) is 30.9 Å². The van der Waals surface area contributed by atoms with Gasteiger partial charge in [0.25, 0.3) is 5.69 Å². The van der Waals surface area contributed by atoms with Crippen molar-refractivity contribution in [3.8, 4) is 0 Å². The van der Waals surface area contributed by atoms with E-state index in [1.165, 1.54) is 25.3 Å². The van der Waals surface area contributed by atoms with E-state index < -0.39 is 22.8 Å². The highest BCUT2D eigenvalue weighted by molar-refractivity contribution is 5.99. The molecule has 2 aromatic carbocycles. The Morgan fingerprint density at radius 3 is 2.26 bits per heavy atom. The van der Waals surface area contributed by atoms with Gasteiger partial charge in [-0.15, -0.1) is 0 Å². The Morgan fingerprint density at radius 2 is 1.65 bits per heavy atom. The highest BCUT2D eigenvalue weighted by Gasteiger charge is 2.38. The molecule has 1 aliphatic heterocycles. The summed E-state index contributed by atoms with van der Waals surface area (Å²) in [6.45, 7) is 3.43. The molecule has 0 aliphatic carbocycles. The fourth-order valence-corrected chi connectivity index (χ4v) is 3.60. The Kier molecular flexibility index (Phi) is 6.49. The molecular formula is C23H22N2O6. The van der Waals surface area contributed by atoms with Gasteiger partial charge in [0.1, 0.15) is 6.61 Å². The number of allylic oxidation sites excluding steroid dienone is 2. The van der Waals surface area contributed by atoms with E-state index in [1.54, 1.807) is 19.9 Å². The molecule has 0 saturated heterocycles. The maximum atomic E-state index is 13.1. The van der Waals surface area contributed by atoms with E-state index in [9.17, 15) is 19.7 Å². The molecule has 0 saturated carbocycles. The summed E-state index contributed by atoms with van der Waals surface area (Å²) in [7, 11) is 1.24. The number of nitro groups is 1. The zero-order valence-corrected chi connectivity index (χ0v) is 17.4. The quantitative estimate of drug-likeness (QED) is 0.429. The van der Waals surface area contributed by atoms with Gasteiger partial charge in [-0.2, -0.15) is 0 Å². The van der Waals surface area contributed by atoms with Crippen LogP contribution in [-0.2, 0) is 25.7 Å². The van der Waals surface area contributed by atoms with Crippen LogP contribution in [0.25, 0.3) is 0 Å². The molecule has 0 spiro atoms. The number of non-ortho nitro benzene ring substituents is 1. The third kappa shape index (κ3) is 4.63. The number of rotatable bonds is 6. The van der Waals surface area contributed by atoms with Crippen LogP contribution in [-0.4, -0.2) is 24.0 Å². The van der Waals surface area contributed by atoms with Gasteiger partial charge in [0, 0.05) is 23.5 Å². The van der Waals surface area contributed by atoms with Gasteiger partial charge in [0.15, 0.2) is 0 Å². The topological polar surface area (TPSA) is 108 Å². The number of benzene rings is 2. The highest BCUT2D eigenvalue weighted by atomic mass is 16.6. The van der Waals surface area contributed by atoms with Crippen molar-refractivity contribution in [1.29, 1.82) is 0 Å². The van der Waals surface area contributed by atoms with Gasteiger partial charge in [-0.05, 0) is 25.0 Å². The average molecular weight is 422 g/mol. The molecule has 1 heterocycles. The number of nitrogens with zero attached hydrogens (tertiary/aromatic N) is 1. The summed E-state index contributed by atoms with van der Waals surface area (Å²) in [5.41, 5.74) is 2.47. The van der Waals surface area contributed by atoms with Gasteiger partial charge in [-0.25, -0.2) is 9.59 Å². The minimum atomic E-state index is -0.878. The number of hydrogen-bond acceptors (Lipinski definition) is 7. The molecule has 0 radical (unpaired) electrons. The molecule has 0 aromatic heterocycles. The lowest BCUT2D eigenvalue weighted by Gasteiger charge is -2.30. The molecule has 31 heavy (non-hydrogen) atoms. The molecule has 1 N–H and O–H groups in total. The lowest BCUT2D eigenvalue weighted by molar-refractivity contribution is -0.384. The second-order valence-corrected chi connectivity index (χ2v) is 7.04. The van der Waals surface area contributed by atoms with Gasteiger partial charge in [0.2, 0.25) is 0 Å². The van der Waals surface area contributed by atoms with E-state index in [1.807, 2.05) is 30.3 Å². The first-order valence-corrected chi connectivity index (χ1v) is 9.55. The van der Waals surface area contributed by atoms with Crippen molar-refractivity contribution in [1.82, 2.24) is 5.32 Å². The van der Waals surface area contributed by atoms with Crippen molar-refractivity contribution in [3.05, 3.63) is 98.4 Å². The maximum Gasteiger partial charge on any atom is 0.337 e. The van der Waals surface area contributed by atoms with Crippen molar-refractivity contribution in [3.63, 3.8) is 0 Å². The smallest absolute Gasteiger partial charge is 0.337 e. The van der Waals surface area contributed by atoms with Gasteiger partial charge >= 0.3 is 11.9 Å². The zero-order valence-electron chi connectivity index (χ0n) is 17.4. The Labute approximate surface area is 179 Å². The van der Waals surface area contributed by atoms with Crippen LogP contribution >= 0.6 is 0 Å². The first-order valence-electron chi connectivity index (χ1n) is 9.55. The molecule has 3 rings (SSSR count). The molecule has 8 heteroatoms. The Balaban J connectivity index is 2.05. The number of nitrogens with one attached hydrogen (secondary N) is 1. The molecule has 0 fully saturated rings. The number of hydrogen-bond donors (Lipinski definition) is 1. The minimum absolute atomic E-state index is 0.0500. The van der Waals surface area contributed by atoms with Crippen LogP contribution in [0.5, 0.6) is 0 Å². The fraction of sp³-hybridized carbons (Fsp3) is 0.217. The van der Waals surface area contributed by atoms with Crippen molar-refractivity contribution in [2.45, 2.75) is 26.4 Å². The van der Waals surface area contributed by atoms with E-state index in [4.69, 9.17) is 9.47 Å². The third-order valence-electron chi connectivity index (χ3n) is 5.01. The second kappa shape index (κ2) is 9.25. The number of esters is 2. The van der Waals surface area contributed by atoms with E-state index in [2.05, 4.69) is 5.32 Å². The molecule has 1 aliphatic rings. The summed E-state index contributed by atoms with van der Waals surface area (Å²) in [6.07, 6.45) is 0. The van der Waals surface area contributed by atoms with Crippen LogP contribution in [0.3, 0.4) is 0 Å². The van der Waals surface area contributed by atoms with E-state index in [0.717, 1.165) is 5.56 Å². The van der Waals surface area contributed by atoms with Crippen LogP contribution < -0.4 is 5.32 Å². The minimum Gasteiger partial charge on any atom is -0.466 e. The monoisotopic (exact) mass is 422 g/mol. The van der Waals surface area contributed by atoms with Crippen molar-refractivity contribution < 1.29 is 24.0 Å². The summed E-state index contributed by atoms with van der Waals surface area (Å²) in [6, 6.07) is 15.0. The summed E-state index contributed by atoms with van der Waals surface area (Å²) in [4.78, 5) is 36.5. The van der Waals surface area contributed by atoms with E-state index in [-0.39, 0.29) is 23.4 Å². The van der Waals surface area contributed by atoms with Crippen molar-refractivity contribution in [2.24, 2.45) is 0 Å². The molecule has 1 atom stereocenters. The number of carbonyl (C=O) groups is 2. The lowest BCUT2D eigenvalue weighted by Crippen LogP contribution is -2.32. The predicted octanol–water partition coefficient (Wildman–Crippen LogP) is 3.75. The summed E-state index contributed by atoms with van der Waals surface area (Å²) >= 11 is 0. The zero-order chi connectivity index (χ0) is 22.5. The highest BCUT2D eigenvalue weighted by Crippen LogP contribution is 2.40. The normalized spacial score (nSPS) is 15.9. The van der Waals surface area contributed by atoms with Crippen LogP contribution in [0, 0.1) is 10.1 Å². The molecule has 8 nitrogen and oxygen atoms in total. The molecular weight excluding hydrogens is 400 g/mol. The van der Waals surface area contributed by atoms with Crippen molar-refractivity contribution in [2.75, 3.05) is 7.11 Å². The molecule has 2 aromatic rings. The van der Waals surface area contributed by atoms with Crippen molar-refractivity contribution >= 4 is 17.6 Å². The predicted molar refractivity (Wildman–Crippen MR) is 113 cm³/mol. The second-order valence-electron chi connectivity index (χ2n) is 7.04. The SMILES string of the molecule is COC(=O)C1=C(C)NC(C)=C(C(=O)OCc2ccccc2)C1c1cccc([N+](=O)[O-])c1. The maximum absolute atomic E-state index is 13.1. The number of carbonyl (C=O) groups excluding carboxylic acids is 2. The van der Waals surface area contributed by atoms with E-state index in [0.29, 0.717) is 17.0 Å². The van der Waals surface area contributed by atoms with Crippen LogP contribution in [0.2, 0.25) is 0 Å². The largest absolute Gasteiger partial charge is 0.466 e. The number of methoxy groups -OCH3 is 1. The fourth-order valence-electron chi connectivity index (χ4n) is 3.60. The molecule has 0 bridgehead atoms. The number of dihydropyridines is 1. The van der Waals surface area contributed by atoms with Gasteiger partial charge in [-0.1, -0.05) is 42.5 Å². The molecule has 0 amide bonds. The summed E-state index contributed by atoms with van der Waals surface area (Å²) in [5.74, 6) is -2.14. The van der Waals surface area contributed by atoms with Gasteiger partial charge < -0.3 is 14.8 Å². The Morgan fingerprint density at radius 1 is 1.00 bits per heavy atom. The van der Waals surface area contributed by atoms with Gasteiger partial charge in [-0.3, -0.25) is 10.1 Å². The van der Waals surface area contributed by atoms with Crippen LogP contribution in [0.15, 0.2) is 77.1 Å². The summed E-state index contributed by atoms with van der Waals surface area (Å²) < 4.78 is 10.5. The first-order chi connectivity index (χ1) is 14.8. The molecule has 160 valence electrons. The van der Waals surface area contributed by atoms with Crippen LogP contribution in [0.4, 0.5) is 5.69 Å². The van der Waals surface area contributed by atoms with E-state index >= 15 is 0 Å². The Hall–Kier alpha value is -3.94. The van der Waals surface area contributed by atoms with Gasteiger partial charge in [0.05, 0.1) is 29.1 Å². The average Bonchev–Trinajstić information content (AvgIpc) is 2.77. The first kappa shape index (κ1) is 21.8. The summed E-state index contributed by atoms with van der Waals surface area (Å²) in [5, 5.41) is 14.3. The lowest BCUT2D eigenvalue weighted by atomic mass is 9.80.